The Morgan fingerprint density at radius 1 is 1.77 bits per heavy atom. The summed E-state index contributed by atoms with van der Waals surface area (Å²) < 4.78 is 6.22. The molecule has 1 aromatic rings. The number of imidazole rings is 1. The van der Waals surface area contributed by atoms with E-state index in [-0.39, 0.29) is 12.4 Å². The Morgan fingerprint density at radius 2 is 2.54 bits per heavy atom. The summed E-state index contributed by atoms with van der Waals surface area (Å²) in [5, 5.41) is 0. The highest BCUT2D eigenvalue weighted by Crippen LogP contribution is 1.92. The molecule has 0 radical (unpaired) electrons. The van der Waals surface area contributed by atoms with Crippen LogP contribution < -0.4 is 0 Å². The number of nitrogens with zero attached hydrogens (tertiary/aromatic N) is 2. The number of aryl methyl sites for hydroxylation is 1. The van der Waals surface area contributed by atoms with Crippen LogP contribution in [-0.4, -0.2) is 22.6 Å². The van der Waals surface area contributed by atoms with E-state index in [1.54, 1.807) is 17.1 Å². The van der Waals surface area contributed by atoms with E-state index in [2.05, 4.69) is 21.6 Å². The number of hydrogen-bond donors (Lipinski definition) is 0. The molecule has 0 fully saturated rings. The van der Waals surface area contributed by atoms with Gasteiger partial charge in [0, 0.05) is 7.05 Å². The fourth-order valence-electron chi connectivity index (χ4n) is 0.757. The Bertz CT molecular complexity index is 357. The Morgan fingerprint density at radius 3 is 3.08 bits per heavy atom. The second kappa shape index (κ2) is 4.31. The van der Waals surface area contributed by atoms with Crippen LogP contribution >= 0.6 is 0 Å². The molecule has 0 unspecified atom stereocenters. The van der Waals surface area contributed by atoms with Crippen molar-refractivity contribution >= 4 is 5.97 Å². The highest BCUT2D eigenvalue weighted by molar-refractivity contribution is 5.72. The highest BCUT2D eigenvalue weighted by atomic mass is 16.5. The highest BCUT2D eigenvalue weighted by Gasteiger charge is 1.95. The van der Waals surface area contributed by atoms with Crippen LogP contribution in [0, 0.1) is 11.8 Å². The molecular formula is C9H10N2O2. The minimum Gasteiger partial charge on any atom is -0.468 e. The molecule has 1 rings (SSSR count). The van der Waals surface area contributed by atoms with Crippen LogP contribution in [0.15, 0.2) is 12.5 Å². The van der Waals surface area contributed by atoms with Crippen LogP contribution in [0.5, 0.6) is 0 Å². The van der Waals surface area contributed by atoms with Crippen LogP contribution in [0.25, 0.3) is 0 Å². The molecule has 0 spiro atoms. The minimum atomic E-state index is -0.324. The zero-order valence-electron chi connectivity index (χ0n) is 7.57. The zero-order chi connectivity index (χ0) is 9.68. The van der Waals surface area contributed by atoms with Crippen LogP contribution in [0.2, 0.25) is 0 Å². The molecule has 13 heavy (non-hydrogen) atoms. The second-order valence-corrected chi connectivity index (χ2v) is 2.44. The predicted molar refractivity (Wildman–Crippen MR) is 46.7 cm³/mol. The van der Waals surface area contributed by atoms with Crippen molar-refractivity contribution in [3.05, 3.63) is 18.2 Å². The summed E-state index contributed by atoms with van der Waals surface area (Å²) in [5.74, 6) is 5.18. The third-order valence-electron chi connectivity index (χ3n) is 1.49. The van der Waals surface area contributed by atoms with E-state index in [0.717, 1.165) is 5.69 Å². The summed E-state index contributed by atoms with van der Waals surface area (Å²) in [6.45, 7) is 0. The number of aromatic nitrogens is 2. The number of methoxy groups -OCH3 is 1. The number of ether oxygens (including phenoxy) is 1. The second-order valence-electron chi connectivity index (χ2n) is 2.44. The summed E-state index contributed by atoms with van der Waals surface area (Å²) in [4.78, 5) is 14.6. The first-order chi connectivity index (χ1) is 6.24. The molecule has 0 atom stereocenters. The van der Waals surface area contributed by atoms with Crippen LogP contribution in [-0.2, 0) is 16.6 Å². The van der Waals surface area contributed by atoms with Gasteiger partial charge in [0.15, 0.2) is 0 Å². The molecule has 0 bridgehead atoms. The predicted octanol–water partition coefficient (Wildman–Crippen LogP) is 0.335. The molecule has 0 aliphatic rings. The van der Waals surface area contributed by atoms with E-state index in [4.69, 9.17) is 0 Å². The molecule has 4 heteroatoms. The summed E-state index contributed by atoms with van der Waals surface area (Å²) in [7, 11) is 3.18. The number of carbonyl (C=O) groups is 1. The minimum absolute atomic E-state index is 0.113. The maximum absolute atomic E-state index is 10.7. The summed E-state index contributed by atoms with van der Waals surface area (Å²) in [6, 6.07) is 0. The monoisotopic (exact) mass is 178 g/mol. The van der Waals surface area contributed by atoms with Crippen LogP contribution in [0.4, 0.5) is 0 Å². The van der Waals surface area contributed by atoms with Crippen molar-refractivity contribution in [1.29, 1.82) is 0 Å². The van der Waals surface area contributed by atoms with E-state index in [1.165, 1.54) is 7.11 Å². The molecule has 4 nitrogen and oxygen atoms in total. The largest absolute Gasteiger partial charge is 0.468 e. The molecule has 68 valence electrons. The molecule has 0 N–H and O–H groups in total. The van der Waals surface area contributed by atoms with E-state index in [9.17, 15) is 4.79 Å². The fourth-order valence-corrected chi connectivity index (χ4v) is 0.757. The smallest absolute Gasteiger partial charge is 0.317 e. The van der Waals surface area contributed by atoms with Crippen LogP contribution in [0.1, 0.15) is 12.1 Å². The maximum Gasteiger partial charge on any atom is 0.317 e. The van der Waals surface area contributed by atoms with E-state index < -0.39 is 0 Å². The SMILES string of the molecule is COC(=O)CC#Cc1cncn1C. The number of rotatable bonds is 1. The third kappa shape index (κ3) is 2.64. The van der Waals surface area contributed by atoms with Crippen molar-refractivity contribution in [3.8, 4) is 11.8 Å². The number of esters is 1. The average molecular weight is 178 g/mol. The van der Waals surface area contributed by atoms with Gasteiger partial charge in [-0.1, -0.05) is 5.92 Å². The molecule has 0 saturated heterocycles. The summed E-state index contributed by atoms with van der Waals surface area (Å²) >= 11 is 0. The Kier molecular flexibility index (Phi) is 3.09. The van der Waals surface area contributed by atoms with Gasteiger partial charge in [0.2, 0.25) is 0 Å². The van der Waals surface area contributed by atoms with E-state index >= 15 is 0 Å². The van der Waals surface area contributed by atoms with Gasteiger partial charge in [-0.05, 0) is 5.92 Å². The van der Waals surface area contributed by atoms with Gasteiger partial charge >= 0.3 is 5.97 Å². The van der Waals surface area contributed by atoms with Gasteiger partial charge in [0.25, 0.3) is 0 Å². The average Bonchev–Trinajstić information content (AvgIpc) is 2.52. The third-order valence-corrected chi connectivity index (χ3v) is 1.49. The van der Waals surface area contributed by atoms with Gasteiger partial charge in [-0.3, -0.25) is 4.79 Å². The molecule has 1 aromatic heterocycles. The Balaban J connectivity index is 2.58. The van der Waals surface area contributed by atoms with Gasteiger partial charge in [0.05, 0.1) is 19.6 Å². The normalized spacial score (nSPS) is 8.77. The summed E-state index contributed by atoms with van der Waals surface area (Å²) in [6.07, 6.45) is 3.41. The number of hydrogen-bond acceptors (Lipinski definition) is 3. The molecule has 0 aliphatic heterocycles. The lowest BCUT2D eigenvalue weighted by atomic mass is 10.4. The van der Waals surface area contributed by atoms with Gasteiger partial charge in [-0.2, -0.15) is 0 Å². The fraction of sp³-hybridized carbons (Fsp3) is 0.333. The topological polar surface area (TPSA) is 44.1 Å². The van der Waals surface area contributed by atoms with E-state index in [0.29, 0.717) is 0 Å². The quantitative estimate of drug-likeness (QED) is 0.460. The molecular weight excluding hydrogens is 168 g/mol. The molecule has 1 heterocycles. The molecule has 0 saturated carbocycles. The van der Waals surface area contributed by atoms with Crippen LogP contribution in [0.3, 0.4) is 0 Å². The van der Waals surface area contributed by atoms with Gasteiger partial charge in [-0.25, -0.2) is 4.98 Å². The zero-order valence-corrected chi connectivity index (χ0v) is 7.57. The first-order valence-corrected chi connectivity index (χ1v) is 3.76. The lowest BCUT2D eigenvalue weighted by Gasteiger charge is -1.90. The van der Waals surface area contributed by atoms with Crippen molar-refractivity contribution in [2.45, 2.75) is 6.42 Å². The van der Waals surface area contributed by atoms with Crippen molar-refractivity contribution in [2.24, 2.45) is 7.05 Å². The lowest BCUT2D eigenvalue weighted by Crippen LogP contribution is -1.97. The van der Waals surface area contributed by atoms with E-state index in [1.807, 2.05) is 7.05 Å². The van der Waals surface area contributed by atoms with Gasteiger partial charge < -0.3 is 9.30 Å². The van der Waals surface area contributed by atoms with Crippen molar-refractivity contribution in [1.82, 2.24) is 9.55 Å². The number of carbonyl (C=O) groups excluding carboxylic acids is 1. The van der Waals surface area contributed by atoms with Crippen molar-refractivity contribution in [2.75, 3.05) is 7.11 Å². The molecule has 0 aromatic carbocycles. The Hall–Kier alpha value is -1.76. The van der Waals surface area contributed by atoms with Gasteiger partial charge in [0.1, 0.15) is 12.1 Å². The molecule has 0 aliphatic carbocycles. The first kappa shape index (κ1) is 9.33. The standard InChI is InChI=1S/C9H10N2O2/c1-11-7-10-6-8(11)4-3-5-9(12)13-2/h6-7H,5H2,1-2H3. The Labute approximate surface area is 76.5 Å². The first-order valence-electron chi connectivity index (χ1n) is 3.76. The molecule has 0 amide bonds. The lowest BCUT2D eigenvalue weighted by molar-refractivity contribution is -0.139. The van der Waals surface area contributed by atoms with Gasteiger partial charge in [-0.15, -0.1) is 0 Å². The van der Waals surface area contributed by atoms with Crippen molar-refractivity contribution < 1.29 is 9.53 Å². The maximum atomic E-state index is 10.7. The van der Waals surface area contributed by atoms with Crippen molar-refractivity contribution in [3.63, 3.8) is 0 Å². The summed E-state index contributed by atoms with van der Waals surface area (Å²) in [5.41, 5.74) is 0.781.